The van der Waals surface area contributed by atoms with Gasteiger partial charge in [-0.1, -0.05) is 195 Å². The van der Waals surface area contributed by atoms with Crippen molar-refractivity contribution in [2.75, 3.05) is 40.9 Å². The lowest BCUT2D eigenvalue weighted by molar-refractivity contribution is -0.870. The highest BCUT2D eigenvalue weighted by Crippen LogP contribution is 2.43. The molecular weight excluding hydrogens is 792 g/mol. The Bertz CT molecular complexity index is 1280. The summed E-state index contributed by atoms with van der Waals surface area (Å²) in [5.41, 5.74) is 0. The molecule has 0 aliphatic rings. The minimum absolute atomic E-state index is 0.0494. The summed E-state index contributed by atoms with van der Waals surface area (Å²) < 4.78 is 23.6. The number of allylic oxidation sites excluding steroid dienone is 13. The Morgan fingerprint density at radius 1 is 0.565 bits per heavy atom. The maximum atomic E-state index is 12.9. The van der Waals surface area contributed by atoms with Crippen molar-refractivity contribution >= 4 is 13.7 Å². The van der Waals surface area contributed by atoms with Gasteiger partial charge in [-0.2, -0.15) is 0 Å². The number of aliphatic hydroxyl groups excluding tert-OH is 1. The van der Waals surface area contributed by atoms with Gasteiger partial charge in [-0.05, 0) is 77.0 Å². The number of rotatable bonds is 44. The van der Waals surface area contributed by atoms with E-state index in [1.54, 1.807) is 6.08 Å². The number of nitrogens with one attached hydrogen (secondary N) is 1. The molecule has 0 bridgehead atoms. The van der Waals surface area contributed by atoms with Crippen LogP contribution < -0.4 is 5.32 Å². The second-order valence-electron chi connectivity index (χ2n) is 17.8. The van der Waals surface area contributed by atoms with Gasteiger partial charge in [0.05, 0.1) is 39.9 Å². The minimum Gasteiger partial charge on any atom is -0.387 e. The number of phosphoric ester groups is 1. The van der Waals surface area contributed by atoms with Gasteiger partial charge in [0.2, 0.25) is 5.91 Å². The molecule has 8 nitrogen and oxygen atoms in total. The van der Waals surface area contributed by atoms with Crippen LogP contribution in [0, 0.1) is 0 Å². The number of hydrogen-bond donors (Lipinski definition) is 3. The van der Waals surface area contributed by atoms with E-state index in [9.17, 15) is 19.4 Å². The third-order valence-electron chi connectivity index (χ3n) is 10.6. The Hall–Kier alpha value is -2.32. The van der Waals surface area contributed by atoms with Gasteiger partial charge in [0.15, 0.2) is 0 Å². The van der Waals surface area contributed by atoms with Crippen molar-refractivity contribution in [3.05, 3.63) is 85.1 Å². The highest BCUT2D eigenvalue weighted by molar-refractivity contribution is 7.47. The average Bonchev–Trinajstić information content (AvgIpc) is 3.23. The molecular formula is C53H96N2O6P+. The van der Waals surface area contributed by atoms with Crippen LogP contribution in [0.5, 0.6) is 0 Å². The maximum Gasteiger partial charge on any atom is 0.472 e. The van der Waals surface area contributed by atoms with Crippen molar-refractivity contribution in [1.82, 2.24) is 5.32 Å². The fraction of sp³-hybridized carbons (Fsp3) is 0.717. The largest absolute Gasteiger partial charge is 0.472 e. The molecule has 0 fully saturated rings. The van der Waals surface area contributed by atoms with E-state index in [4.69, 9.17) is 9.05 Å². The van der Waals surface area contributed by atoms with Crippen molar-refractivity contribution in [2.24, 2.45) is 0 Å². The van der Waals surface area contributed by atoms with Gasteiger partial charge in [-0.3, -0.25) is 13.8 Å². The number of carbonyl (C=O) groups excluding carboxylic acids is 1. The van der Waals surface area contributed by atoms with Gasteiger partial charge in [0.1, 0.15) is 13.2 Å². The van der Waals surface area contributed by atoms with Crippen LogP contribution in [0.15, 0.2) is 85.1 Å². The first-order chi connectivity index (χ1) is 30.0. The zero-order valence-electron chi connectivity index (χ0n) is 40.6. The number of carbonyl (C=O) groups is 1. The molecule has 62 heavy (non-hydrogen) atoms. The number of amides is 1. The number of hydrogen-bond acceptors (Lipinski definition) is 5. The second-order valence-corrected chi connectivity index (χ2v) is 19.3. The molecule has 3 N–H and O–H groups in total. The summed E-state index contributed by atoms with van der Waals surface area (Å²) in [4.78, 5) is 23.2. The van der Waals surface area contributed by atoms with E-state index in [1.807, 2.05) is 27.2 Å². The fourth-order valence-corrected chi connectivity index (χ4v) is 7.41. The zero-order chi connectivity index (χ0) is 45.7. The van der Waals surface area contributed by atoms with Gasteiger partial charge in [0, 0.05) is 6.42 Å². The van der Waals surface area contributed by atoms with E-state index in [0.717, 1.165) is 83.5 Å². The highest BCUT2D eigenvalue weighted by Gasteiger charge is 2.27. The van der Waals surface area contributed by atoms with Crippen LogP contribution in [0.1, 0.15) is 194 Å². The molecule has 3 atom stereocenters. The number of likely N-dealkylation sites (N-methyl/N-ethyl adjacent to an activating group) is 1. The van der Waals surface area contributed by atoms with Crippen molar-refractivity contribution in [1.29, 1.82) is 0 Å². The van der Waals surface area contributed by atoms with Gasteiger partial charge in [-0.15, -0.1) is 0 Å². The SMILES string of the molecule is CC/C=C\C/C=C\C/C=C\C/C=C\C/C=C\CCCCCCCCCC(=O)NC(COP(=O)(O)OCC[N+](C)(C)C)C(O)/C=C/CC/C=C/CCCCCCCCCCCCC. The van der Waals surface area contributed by atoms with Crippen LogP contribution in [0.2, 0.25) is 0 Å². The Morgan fingerprint density at radius 2 is 0.984 bits per heavy atom. The quantitative estimate of drug-likeness (QED) is 0.0244. The van der Waals surface area contributed by atoms with Gasteiger partial charge in [-0.25, -0.2) is 4.57 Å². The number of aliphatic hydroxyl groups is 1. The lowest BCUT2D eigenvalue weighted by Gasteiger charge is -2.25. The summed E-state index contributed by atoms with van der Waals surface area (Å²) in [6.07, 6.45) is 60.9. The average molecular weight is 888 g/mol. The molecule has 0 aromatic rings. The van der Waals surface area contributed by atoms with E-state index >= 15 is 0 Å². The first kappa shape index (κ1) is 59.7. The summed E-state index contributed by atoms with van der Waals surface area (Å²) in [6, 6.07) is -0.874. The molecule has 9 heteroatoms. The zero-order valence-corrected chi connectivity index (χ0v) is 41.5. The third-order valence-corrected chi connectivity index (χ3v) is 11.6. The highest BCUT2D eigenvalue weighted by atomic mass is 31.2. The summed E-state index contributed by atoms with van der Waals surface area (Å²) in [5, 5.41) is 13.8. The van der Waals surface area contributed by atoms with Crippen molar-refractivity contribution in [3.8, 4) is 0 Å². The molecule has 1 amide bonds. The topological polar surface area (TPSA) is 105 Å². The molecule has 0 rings (SSSR count). The van der Waals surface area contributed by atoms with Crippen LogP contribution in [-0.2, 0) is 18.4 Å². The number of nitrogens with zero attached hydrogens (tertiary/aromatic N) is 1. The molecule has 358 valence electrons. The molecule has 0 aliphatic carbocycles. The molecule has 0 aromatic carbocycles. The molecule has 0 saturated heterocycles. The second kappa shape index (κ2) is 43.9. The number of unbranched alkanes of at least 4 members (excludes halogenated alkanes) is 19. The molecule has 0 spiro atoms. The smallest absolute Gasteiger partial charge is 0.387 e. The van der Waals surface area contributed by atoms with Crippen LogP contribution in [0.25, 0.3) is 0 Å². The van der Waals surface area contributed by atoms with Crippen molar-refractivity contribution in [2.45, 2.75) is 206 Å². The summed E-state index contributed by atoms with van der Waals surface area (Å²) >= 11 is 0. The molecule has 0 radical (unpaired) electrons. The monoisotopic (exact) mass is 888 g/mol. The fourth-order valence-electron chi connectivity index (χ4n) is 6.67. The first-order valence-corrected chi connectivity index (χ1v) is 26.5. The minimum atomic E-state index is -4.36. The Balaban J connectivity index is 4.41. The van der Waals surface area contributed by atoms with E-state index in [-0.39, 0.29) is 19.1 Å². The molecule has 0 aliphatic heterocycles. The number of quaternary nitrogens is 1. The third kappa shape index (κ3) is 45.7. The van der Waals surface area contributed by atoms with Gasteiger partial charge in [0.25, 0.3) is 0 Å². The first-order valence-electron chi connectivity index (χ1n) is 25.0. The van der Waals surface area contributed by atoms with Crippen molar-refractivity contribution in [3.63, 3.8) is 0 Å². The predicted molar refractivity (Wildman–Crippen MR) is 267 cm³/mol. The lowest BCUT2D eigenvalue weighted by Crippen LogP contribution is -2.45. The molecule has 0 saturated carbocycles. The lowest BCUT2D eigenvalue weighted by atomic mass is 10.1. The Kier molecular flexibility index (Phi) is 42.3. The maximum absolute atomic E-state index is 12.9. The van der Waals surface area contributed by atoms with Crippen molar-refractivity contribution < 1.29 is 32.9 Å². The Morgan fingerprint density at radius 3 is 1.48 bits per heavy atom. The van der Waals surface area contributed by atoms with Crippen LogP contribution in [0.4, 0.5) is 0 Å². The summed E-state index contributed by atoms with van der Waals surface area (Å²) in [7, 11) is 1.53. The van der Waals surface area contributed by atoms with Gasteiger partial charge >= 0.3 is 7.82 Å². The van der Waals surface area contributed by atoms with E-state index in [0.29, 0.717) is 17.4 Å². The van der Waals surface area contributed by atoms with E-state index in [2.05, 4.69) is 92.1 Å². The summed E-state index contributed by atoms with van der Waals surface area (Å²) in [5.74, 6) is -0.202. The molecule has 3 unspecified atom stereocenters. The van der Waals surface area contributed by atoms with Crippen LogP contribution >= 0.6 is 7.82 Å². The van der Waals surface area contributed by atoms with E-state index in [1.165, 1.54) is 89.9 Å². The summed E-state index contributed by atoms with van der Waals surface area (Å²) in [6.45, 7) is 4.66. The standard InChI is InChI=1S/C53H95N2O6P/c1-6-8-10-12-14-16-18-20-22-24-25-26-27-28-29-31-33-35-37-39-41-43-45-47-53(57)54-51(50-61-62(58,59)60-49-48-55(3,4)5)52(56)46-44-42-40-38-36-34-32-30-23-21-19-17-15-13-11-9-7-2/h8,10,14,16,20,22,25-26,28-29,36,38,44,46,51-52,56H,6-7,9,11-13,15,17-19,21,23-24,27,30-35,37,39-43,45,47-50H2,1-5H3,(H-,54,57,58,59)/p+1/b10-8-,16-14-,22-20-,26-25-,29-28-,38-36+,46-44+. The van der Waals surface area contributed by atoms with Crippen LogP contribution in [-0.4, -0.2) is 73.4 Å². The van der Waals surface area contributed by atoms with E-state index < -0.39 is 20.0 Å². The number of phosphoric acid groups is 1. The molecule has 0 aromatic heterocycles. The van der Waals surface area contributed by atoms with Gasteiger partial charge < -0.3 is 19.8 Å². The van der Waals surface area contributed by atoms with Crippen LogP contribution in [0.3, 0.4) is 0 Å². The predicted octanol–water partition coefficient (Wildman–Crippen LogP) is 14.5. The Labute approximate surface area is 382 Å². The normalized spacial score (nSPS) is 14.9. The molecule has 0 heterocycles.